The molecule has 1 saturated carbocycles. The molecule has 3 nitrogen and oxygen atoms in total. The monoisotopic (exact) mass is 222 g/mol. The van der Waals surface area contributed by atoms with Crippen molar-refractivity contribution < 1.29 is 4.52 Å². The fourth-order valence-electron chi connectivity index (χ4n) is 2.38. The fourth-order valence-corrected chi connectivity index (χ4v) is 2.38. The first kappa shape index (κ1) is 11.6. The molecule has 1 unspecified atom stereocenters. The van der Waals surface area contributed by atoms with E-state index in [0.29, 0.717) is 0 Å². The van der Waals surface area contributed by atoms with Gasteiger partial charge in [0.1, 0.15) is 5.76 Å². The van der Waals surface area contributed by atoms with Gasteiger partial charge in [0.25, 0.3) is 0 Å². The first-order valence-electron chi connectivity index (χ1n) is 6.37. The molecule has 3 heteroatoms. The van der Waals surface area contributed by atoms with E-state index in [2.05, 4.69) is 17.4 Å². The lowest BCUT2D eigenvalue weighted by Gasteiger charge is -2.15. The Hall–Kier alpha value is -0.830. The SMILES string of the molecule is CCC(NCCc1c(C)noc1C)C1CC1. The summed E-state index contributed by atoms with van der Waals surface area (Å²) < 4.78 is 5.16. The quantitative estimate of drug-likeness (QED) is 0.804. The van der Waals surface area contributed by atoms with E-state index < -0.39 is 0 Å². The van der Waals surface area contributed by atoms with Crippen LogP contribution in [0.4, 0.5) is 0 Å². The second kappa shape index (κ2) is 5.00. The van der Waals surface area contributed by atoms with Gasteiger partial charge >= 0.3 is 0 Å². The minimum absolute atomic E-state index is 0.723. The van der Waals surface area contributed by atoms with Crippen LogP contribution in [0.25, 0.3) is 0 Å². The van der Waals surface area contributed by atoms with Crippen LogP contribution in [0, 0.1) is 19.8 Å². The van der Waals surface area contributed by atoms with Gasteiger partial charge in [-0.3, -0.25) is 0 Å². The van der Waals surface area contributed by atoms with E-state index in [1.54, 1.807) is 0 Å². The van der Waals surface area contributed by atoms with Gasteiger partial charge in [0.05, 0.1) is 5.69 Å². The molecule has 0 amide bonds. The van der Waals surface area contributed by atoms with Crippen molar-refractivity contribution >= 4 is 0 Å². The summed E-state index contributed by atoms with van der Waals surface area (Å²) in [6.45, 7) is 7.32. The highest BCUT2D eigenvalue weighted by molar-refractivity contribution is 5.20. The maximum absolute atomic E-state index is 5.16. The highest BCUT2D eigenvalue weighted by Crippen LogP contribution is 2.33. The third-order valence-corrected chi connectivity index (χ3v) is 3.59. The highest BCUT2D eigenvalue weighted by atomic mass is 16.5. The van der Waals surface area contributed by atoms with Gasteiger partial charge in [-0.2, -0.15) is 0 Å². The second-order valence-corrected chi connectivity index (χ2v) is 4.86. The Labute approximate surface area is 97.6 Å². The number of hydrogen-bond donors (Lipinski definition) is 1. The molecule has 1 aromatic heterocycles. The van der Waals surface area contributed by atoms with Crippen LogP contribution in [-0.4, -0.2) is 17.7 Å². The Morgan fingerprint density at radius 2 is 2.19 bits per heavy atom. The van der Waals surface area contributed by atoms with E-state index in [0.717, 1.165) is 36.4 Å². The van der Waals surface area contributed by atoms with Crippen LogP contribution in [-0.2, 0) is 6.42 Å². The fraction of sp³-hybridized carbons (Fsp3) is 0.769. The van der Waals surface area contributed by atoms with Crippen molar-refractivity contribution in [2.24, 2.45) is 5.92 Å². The molecule has 1 N–H and O–H groups in total. The Bertz CT molecular complexity index is 322. The van der Waals surface area contributed by atoms with Gasteiger partial charge in [0.15, 0.2) is 0 Å². The van der Waals surface area contributed by atoms with E-state index in [9.17, 15) is 0 Å². The Morgan fingerprint density at radius 3 is 2.69 bits per heavy atom. The van der Waals surface area contributed by atoms with Crippen molar-refractivity contribution in [3.63, 3.8) is 0 Å². The molecule has 1 heterocycles. The maximum Gasteiger partial charge on any atom is 0.137 e. The zero-order valence-electron chi connectivity index (χ0n) is 10.5. The lowest BCUT2D eigenvalue weighted by Crippen LogP contribution is -2.32. The van der Waals surface area contributed by atoms with Gasteiger partial charge in [0, 0.05) is 11.6 Å². The van der Waals surface area contributed by atoms with Crippen LogP contribution in [0.3, 0.4) is 0 Å². The Kier molecular flexibility index (Phi) is 3.64. The molecule has 0 aliphatic heterocycles. The summed E-state index contributed by atoms with van der Waals surface area (Å²) in [5.74, 6) is 1.91. The van der Waals surface area contributed by atoms with Gasteiger partial charge in [-0.25, -0.2) is 0 Å². The largest absolute Gasteiger partial charge is 0.361 e. The zero-order valence-corrected chi connectivity index (χ0v) is 10.5. The van der Waals surface area contributed by atoms with Crippen LogP contribution in [0.15, 0.2) is 4.52 Å². The number of nitrogens with one attached hydrogen (secondary N) is 1. The summed E-state index contributed by atoms with van der Waals surface area (Å²) in [7, 11) is 0. The summed E-state index contributed by atoms with van der Waals surface area (Å²) in [4.78, 5) is 0. The first-order valence-corrected chi connectivity index (χ1v) is 6.37. The van der Waals surface area contributed by atoms with Gasteiger partial charge < -0.3 is 9.84 Å². The predicted octanol–water partition coefficient (Wildman–Crippen LogP) is 2.61. The molecule has 0 aromatic carbocycles. The van der Waals surface area contributed by atoms with E-state index in [4.69, 9.17) is 4.52 Å². The van der Waals surface area contributed by atoms with E-state index in [-0.39, 0.29) is 0 Å². The standard InChI is InChI=1S/C13H22N2O/c1-4-13(11-5-6-11)14-8-7-12-9(2)15-16-10(12)3/h11,13-14H,4-8H2,1-3H3. The van der Waals surface area contributed by atoms with Crippen LogP contribution in [0.1, 0.15) is 43.2 Å². The van der Waals surface area contributed by atoms with Crippen molar-refractivity contribution in [3.05, 3.63) is 17.0 Å². The molecule has 1 atom stereocenters. The molecule has 0 saturated heterocycles. The third kappa shape index (κ3) is 2.64. The normalized spacial score (nSPS) is 17.7. The predicted molar refractivity (Wildman–Crippen MR) is 64.5 cm³/mol. The van der Waals surface area contributed by atoms with Crippen LogP contribution in [0.5, 0.6) is 0 Å². The minimum Gasteiger partial charge on any atom is -0.361 e. The summed E-state index contributed by atoms with van der Waals surface area (Å²) in [6.07, 6.45) is 5.10. The van der Waals surface area contributed by atoms with Crippen molar-refractivity contribution in [3.8, 4) is 0 Å². The van der Waals surface area contributed by atoms with E-state index in [1.807, 2.05) is 13.8 Å². The van der Waals surface area contributed by atoms with Gasteiger partial charge in [-0.15, -0.1) is 0 Å². The molecule has 1 aliphatic rings. The number of aryl methyl sites for hydroxylation is 2. The third-order valence-electron chi connectivity index (χ3n) is 3.59. The molecular weight excluding hydrogens is 200 g/mol. The first-order chi connectivity index (χ1) is 7.72. The number of hydrogen-bond acceptors (Lipinski definition) is 3. The van der Waals surface area contributed by atoms with Gasteiger partial charge in [-0.1, -0.05) is 12.1 Å². The highest BCUT2D eigenvalue weighted by Gasteiger charge is 2.29. The average molecular weight is 222 g/mol. The number of rotatable bonds is 6. The topological polar surface area (TPSA) is 38.1 Å². The maximum atomic E-state index is 5.16. The molecular formula is C13H22N2O. The zero-order chi connectivity index (χ0) is 11.5. The van der Waals surface area contributed by atoms with Crippen LogP contribution >= 0.6 is 0 Å². The van der Waals surface area contributed by atoms with Gasteiger partial charge in [-0.05, 0) is 52.0 Å². The molecule has 1 aliphatic carbocycles. The Balaban J connectivity index is 1.78. The van der Waals surface area contributed by atoms with E-state index >= 15 is 0 Å². The molecule has 90 valence electrons. The smallest absolute Gasteiger partial charge is 0.137 e. The lowest BCUT2D eigenvalue weighted by molar-refractivity contribution is 0.391. The van der Waals surface area contributed by atoms with Crippen molar-refractivity contribution in [1.82, 2.24) is 10.5 Å². The number of aromatic nitrogens is 1. The van der Waals surface area contributed by atoms with Crippen molar-refractivity contribution in [2.45, 2.75) is 52.5 Å². The van der Waals surface area contributed by atoms with Gasteiger partial charge in [0.2, 0.25) is 0 Å². The summed E-state index contributed by atoms with van der Waals surface area (Å²) in [6, 6.07) is 0.723. The molecule has 0 radical (unpaired) electrons. The number of nitrogens with zero attached hydrogens (tertiary/aromatic N) is 1. The van der Waals surface area contributed by atoms with Crippen LogP contribution < -0.4 is 5.32 Å². The second-order valence-electron chi connectivity index (χ2n) is 4.86. The van der Waals surface area contributed by atoms with Crippen LogP contribution in [0.2, 0.25) is 0 Å². The average Bonchev–Trinajstić information content (AvgIpc) is 3.05. The summed E-state index contributed by atoms with van der Waals surface area (Å²) >= 11 is 0. The van der Waals surface area contributed by atoms with Crippen molar-refractivity contribution in [2.75, 3.05) is 6.54 Å². The summed E-state index contributed by atoms with van der Waals surface area (Å²) in [5.41, 5.74) is 2.32. The Morgan fingerprint density at radius 1 is 1.44 bits per heavy atom. The van der Waals surface area contributed by atoms with Crippen molar-refractivity contribution in [1.29, 1.82) is 0 Å². The summed E-state index contributed by atoms with van der Waals surface area (Å²) in [5, 5.41) is 7.63. The lowest BCUT2D eigenvalue weighted by atomic mass is 10.1. The molecule has 1 aromatic rings. The molecule has 0 bridgehead atoms. The molecule has 2 rings (SSSR count). The minimum atomic E-state index is 0.723. The molecule has 1 fully saturated rings. The molecule has 16 heavy (non-hydrogen) atoms. The van der Waals surface area contributed by atoms with E-state index in [1.165, 1.54) is 24.8 Å². The molecule has 0 spiro atoms.